The zero-order valence-electron chi connectivity index (χ0n) is 11.9. The number of hydrogen-bond donors (Lipinski definition) is 2. The van der Waals surface area contributed by atoms with Gasteiger partial charge >= 0.3 is 5.69 Å². The van der Waals surface area contributed by atoms with Crippen molar-refractivity contribution in [2.24, 2.45) is 0 Å². The number of aromatic amines is 2. The molecule has 0 unspecified atom stereocenters. The van der Waals surface area contributed by atoms with Crippen molar-refractivity contribution >= 4 is 34.3 Å². The average molecular weight is 350 g/mol. The van der Waals surface area contributed by atoms with Gasteiger partial charge in [0.05, 0.1) is 16.7 Å². The van der Waals surface area contributed by atoms with Gasteiger partial charge < -0.3 is 0 Å². The monoisotopic (exact) mass is 349 g/mol. The number of H-pyrrole nitrogens is 2. The van der Waals surface area contributed by atoms with Gasteiger partial charge in [-0.1, -0.05) is 29.4 Å². The zero-order valence-corrected chi connectivity index (χ0v) is 13.4. The van der Waals surface area contributed by atoms with Crippen LogP contribution in [0.3, 0.4) is 0 Å². The molecule has 9 heteroatoms. The molecule has 3 rings (SSSR count). The number of nitrogens with one attached hydrogen (secondary N) is 2. The Morgan fingerprint density at radius 1 is 1.39 bits per heavy atom. The summed E-state index contributed by atoms with van der Waals surface area (Å²) in [5.74, 6) is 0.847. The molecule has 0 aliphatic carbocycles. The fraction of sp³-hybridized carbons (Fsp3) is 0.143. The summed E-state index contributed by atoms with van der Waals surface area (Å²) in [4.78, 5) is 30.7. The van der Waals surface area contributed by atoms with E-state index < -0.39 is 0 Å². The smallest absolute Gasteiger partial charge is 0.292 e. The van der Waals surface area contributed by atoms with E-state index in [1.54, 1.807) is 24.3 Å². The van der Waals surface area contributed by atoms with Crippen LogP contribution < -0.4 is 11.2 Å². The molecule has 0 atom stereocenters. The van der Waals surface area contributed by atoms with Crippen LogP contribution in [0.4, 0.5) is 0 Å². The summed E-state index contributed by atoms with van der Waals surface area (Å²) in [5.41, 5.74) is -0.00671. The number of halogens is 1. The molecule has 0 aliphatic heterocycles. The highest BCUT2D eigenvalue weighted by Crippen LogP contribution is 2.22. The van der Waals surface area contributed by atoms with E-state index in [1.807, 2.05) is 0 Å². The van der Waals surface area contributed by atoms with Crippen molar-refractivity contribution in [2.75, 3.05) is 0 Å². The van der Waals surface area contributed by atoms with Crippen LogP contribution in [0.2, 0.25) is 5.02 Å². The highest BCUT2D eigenvalue weighted by molar-refractivity contribution is 7.98. The zero-order chi connectivity index (χ0) is 16.4. The Labute approximate surface area is 139 Å². The van der Waals surface area contributed by atoms with Crippen molar-refractivity contribution in [3.63, 3.8) is 0 Å². The van der Waals surface area contributed by atoms with E-state index in [9.17, 15) is 9.59 Å². The van der Waals surface area contributed by atoms with Gasteiger partial charge in [0, 0.05) is 11.6 Å². The summed E-state index contributed by atoms with van der Waals surface area (Å²) < 4.78 is 1.53. The second kappa shape index (κ2) is 6.43. The first-order chi connectivity index (χ1) is 11.1. The maximum atomic E-state index is 12.6. The lowest BCUT2D eigenvalue weighted by molar-refractivity contribution is 0.671. The second-order valence-corrected chi connectivity index (χ2v) is 6.05. The van der Waals surface area contributed by atoms with Gasteiger partial charge in [0.1, 0.15) is 5.82 Å². The van der Waals surface area contributed by atoms with Crippen molar-refractivity contribution in [3.05, 3.63) is 62.5 Å². The SMILES string of the molecule is C=CCn1c(SCc2n[nH]c(=O)[nH]2)nc2cc(Cl)ccc2c1=O. The molecule has 3 aromatic rings. The largest absolute Gasteiger partial charge is 0.340 e. The Morgan fingerprint density at radius 2 is 2.22 bits per heavy atom. The number of hydrogen-bond acceptors (Lipinski definition) is 5. The molecule has 0 radical (unpaired) electrons. The lowest BCUT2D eigenvalue weighted by Crippen LogP contribution is -2.22. The number of benzene rings is 1. The Balaban J connectivity index is 2.05. The van der Waals surface area contributed by atoms with E-state index in [2.05, 4.69) is 26.7 Å². The van der Waals surface area contributed by atoms with Gasteiger partial charge in [0.15, 0.2) is 5.16 Å². The lowest BCUT2D eigenvalue weighted by atomic mass is 10.2. The third-order valence-corrected chi connectivity index (χ3v) is 4.30. The van der Waals surface area contributed by atoms with Gasteiger partial charge in [-0.15, -0.1) is 6.58 Å². The molecule has 7 nitrogen and oxygen atoms in total. The van der Waals surface area contributed by atoms with Gasteiger partial charge in [-0.05, 0) is 18.2 Å². The molecule has 0 aliphatic rings. The summed E-state index contributed by atoms with van der Waals surface area (Å²) in [6.45, 7) is 4.01. The van der Waals surface area contributed by atoms with Gasteiger partial charge in [-0.2, -0.15) is 5.10 Å². The molecule has 23 heavy (non-hydrogen) atoms. The fourth-order valence-electron chi connectivity index (χ4n) is 2.08. The number of fused-ring (bicyclic) bond motifs is 1. The van der Waals surface area contributed by atoms with E-state index in [-0.39, 0.29) is 11.2 Å². The van der Waals surface area contributed by atoms with Crippen LogP contribution in [0.5, 0.6) is 0 Å². The average Bonchev–Trinajstić information content (AvgIpc) is 2.94. The number of thioether (sulfide) groups is 1. The highest BCUT2D eigenvalue weighted by atomic mass is 35.5. The molecule has 2 heterocycles. The predicted octanol–water partition coefficient (Wildman–Crippen LogP) is 1.94. The third-order valence-electron chi connectivity index (χ3n) is 3.08. The van der Waals surface area contributed by atoms with E-state index in [0.29, 0.717) is 39.2 Å². The molecular weight excluding hydrogens is 338 g/mol. The Kier molecular flexibility index (Phi) is 4.35. The van der Waals surface area contributed by atoms with Crippen molar-refractivity contribution < 1.29 is 0 Å². The highest BCUT2D eigenvalue weighted by Gasteiger charge is 2.12. The minimum Gasteiger partial charge on any atom is -0.292 e. The number of rotatable bonds is 5. The lowest BCUT2D eigenvalue weighted by Gasteiger charge is -2.10. The summed E-state index contributed by atoms with van der Waals surface area (Å²) in [7, 11) is 0. The summed E-state index contributed by atoms with van der Waals surface area (Å²) >= 11 is 7.27. The summed E-state index contributed by atoms with van der Waals surface area (Å²) in [6, 6.07) is 4.97. The van der Waals surface area contributed by atoms with E-state index in [0.717, 1.165) is 0 Å². The van der Waals surface area contributed by atoms with Crippen molar-refractivity contribution in [1.82, 2.24) is 24.7 Å². The van der Waals surface area contributed by atoms with Crippen LogP contribution in [0.15, 0.2) is 45.6 Å². The van der Waals surface area contributed by atoms with Gasteiger partial charge in [0.25, 0.3) is 5.56 Å². The minimum absolute atomic E-state index is 0.162. The van der Waals surface area contributed by atoms with Crippen LogP contribution in [0.25, 0.3) is 10.9 Å². The predicted molar refractivity (Wildman–Crippen MR) is 90.0 cm³/mol. The molecule has 2 N–H and O–H groups in total. The Bertz CT molecular complexity index is 991. The molecule has 118 valence electrons. The molecule has 0 bridgehead atoms. The molecule has 0 saturated carbocycles. The number of allylic oxidation sites excluding steroid dienone is 1. The van der Waals surface area contributed by atoms with Crippen molar-refractivity contribution in [1.29, 1.82) is 0 Å². The molecule has 0 saturated heterocycles. The third kappa shape index (κ3) is 3.22. The van der Waals surface area contributed by atoms with E-state index >= 15 is 0 Å². The van der Waals surface area contributed by atoms with Gasteiger partial charge in [0.2, 0.25) is 0 Å². The van der Waals surface area contributed by atoms with E-state index in [4.69, 9.17) is 11.6 Å². The van der Waals surface area contributed by atoms with Crippen LogP contribution in [-0.2, 0) is 12.3 Å². The Hall–Kier alpha value is -2.32. The fourth-order valence-corrected chi connectivity index (χ4v) is 3.13. The maximum Gasteiger partial charge on any atom is 0.340 e. The molecular formula is C14H12ClN5O2S. The van der Waals surface area contributed by atoms with Crippen molar-refractivity contribution in [2.45, 2.75) is 17.5 Å². The first-order valence-electron chi connectivity index (χ1n) is 6.66. The number of nitrogens with zero attached hydrogens (tertiary/aromatic N) is 3. The van der Waals surface area contributed by atoms with Gasteiger partial charge in [-0.25, -0.2) is 14.9 Å². The Morgan fingerprint density at radius 3 is 2.91 bits per heavy atom. The topological polar surface area (TPSA) is 96.4 Å². The standard InChI is InChI=1S/C14H12ClN5O2S/c1-2-5-20-12(21)9-4-3-8(15)6-10(9)16-14(20)23-7-11-17-13(22)19-18-11/h2-4,6H,1,5,7H2,(H2,17,18,19,22). The maximum absolute atomic E-state index is 12.6. The molecule has 2 aromatic heterocycles. The summed E-state index contributed by atoms with van der Waals surface area (Å²) in [6.07, 6.45) is 1.63. The summed E-state index contributed by atoms with van der Waals surface area (Å²) in [5, 5.41) is 7.65. The second-order valence-electron chi connectivity index (χ2n) is 4.67. The normalized spacial score (nSPS) is 11.0. The van der Waals surface area contributed by atoms with Crippen LogP contribution in [0, 0.1) is 0 Å². The molecule has 1 aromatic carbocycles. The first kappa shape index (κ1) is 15.6. The molecule has 0 amide bonds. The molecule has 0 fully saturated rings. The molecule has 0 spiro atoms. The van der Waals surface area contributed by atoms with Gasteiger partial charge in [-0.3, -0.25) is 14.3 Å². The van der Waals surface area contributed by atoms with Crippen LogP contribution in [-0.4, -0.2) is 24.7 Å². The van der Waals surface area contributed by atoms with Crippen molar-refractivity contribution in [3.8, 4) is 0 Å². The van der Waals surface area contributed by atoms with Crippen LogP contribution in [0.1, 0.15) is 5.82 Å². The number of aromatic nitrogens is 5. The quantitative estimate of drug-likeness (QED) is 0.417. The minimum atomic E-state index is -0.373. The van der Waals surface area contributed by atoms with E-state index in [1.165, 1.54) is 16.3 Å². The first-order valence-corrected chi connectivity index (χ1v) is 8.02. The van der Waals surface area contributed by atoms with Crippen LogP contribution >= 0.6 is 23.4 Å².